The minimum absolute atomic E-state index is 0. The van der Waals surface area contributed by atoms with Crippen LogP contribution in [0.2, 0.25) is 0 Å². The van der Waals surface area contributed by atoms with Crippen LogP contribution in [0.3, 0.4) is 0 Å². The van der Waals surface area contributed by atoms with Crippen LogP contribution in [0.1, 0.15) is 46.0 Å². The zero-order valence-electron chi connectivity index (χ0n) is 15.0. The number of rotatable bonds is 5. The normalized spacial score (nSPS) is 24.0. The molecule has 2 aliphatic heterocycles. The average Bonchev–Trinajstić information content (AvgIpc) is 2.54. The summed E-state index contributed by atoms with van der Waals surface area (Å²) in [6, 6.07) is -0.398. The van der Waals surface area contributed by atoms with Crippen molar-refractivity contribution in [1.82, 2.24) is 15.1 Å². The van der Waals surface area contributed by atoms with Gasteiger partial charge in [-0.25, -0.2) is 0 Å². The Bertz CT molecular complexity index is 364. The van der Waals surface area contributed by atoms with Gasteiger partial charge < -0.3 is 16.0 Å². The number of hydrogen-bond acceptors (Lipinski definition) is 4. The number of nitrogens with one attached hydrogen (secondary N) is 1. The predicted octanol–water partition coefficient (Wildman–Crippen LogP) is 1.46. The van der Waals surface area contributed by atoms with Crippen LogP contribution in [0.15, 0.2) is 0 Å². The molecule has 136 valence electrons. The van der Waals surface area contributed by atoms with E-state index in [1.54, 1.807) is 0 Å². The van der Waals surface area contributed by atoms with Crippen molar-refractivity contribution >= 4 is 18.3 Å². The van der Waals surface area contributed by atoms with Gasteiger partial charge in [0, 0.05) is 12.1 Å². The van der Waals surface area contributed by atoms with Gasteiger partial charge in [-0.3, -0.25) is 9.69 Å². The van der Waals surface area contributed by atoms with Crippen molar-refractivity contribution in [2.75, 3.05) is 39.8 Å². The van der Waals surface area contributed by atoms with Gasteiger partial charge in [0.25, 0.3) is 0 Å². The van der Waals surface area contributed by atoms with E-state index in [4.69, 9.17) is 5.73 Å². The number of carbonyl (C=O) groups is 1. The third-order valence-electron chi connectivity index (χ3n) is 5.56. The summed E-state index contributed by atoms with van der Waals surface area (Å²) in [5.41, 5.74) is 6.12. The maximum atomic E-state index is 12.3. The van der Waals surface area contributed by atoms with Gasteiger partial charge in [-0.2, -0.15) is 0 Å². The third-order valence-corrected chi connectivity index (χ3v) is 5.56. The van der Waals surface area contributed by atoms with Gasteiger partial charge in [-0.15, -0.1) is 12.4 Å². The lowest BCUT2D eigenvalue weighted by Gasteiger charge is -2.50. The van der Waals surface area contributed by atoms with Crippen LogP contribution >= 0.6 is 12.4 Å². The monoisotopic (exact) mass is 346 g/mol. The van der Waals surface area contributed by atoms with Gasteiger partial charge in [-0.05, 0) is 64.8 Å². The van der Waals surface area contributed by atoms with Crippen molar-refractivity contribution in [3.8, 4) is 0 Å². The van der Waals surface area contributed by atoms with Gasteiger partial charge in [0.15, 0.2) is 0 Å². The van der Waals surface area contributed by atoms with Gasteiger partial charge in [-0.1, -0.05) is 20.3 Å². The molecule has 0 unspecified atom stereocenters. The average molecular weight is 347 g/mol. The fourth-order valence-corrected chi connectivity index (χ4v) is 3.68. The number of nitrogens with zero attached hydrogens (tertiary/aromatic N) is 2. The molecular formula is C17H35ClN4O. The molecule has 2 saturated heterocycles. The molecule has 2 aliphatic rings. The number of amides is 1. The van der Waals surface area contributed by atoms with Crippen LogP contribution < -0.4 is 11.1 Å². The quantitative estimate of drug-likeness (QED) is 0.791. The van der Waals surface area contributed by atoms with Crippen molar-refractivity contribution in [1.29, 1.82) is 0 Å². The second-order valence-corrected chi connectivity index (χ2v) is 7.56. The molecule has 23 heavy (non-hydrogen) atoms. The van der Waals surface area contributed by atoms with Gasteiger partial charge in [0.1, 0.15) is 0 Å². The van der Waals surface area contributed by atoms with E-state index in [9.17, 15) is 4.79 Å². The second kappa shape index (κ2) is 9.21. The van der Waals surface area contributed by atoms with E-state index in [-0.39, 0.29) is 29.8 Å². The summed E-state index contributed by atoms with van der Waals surface area (Å²) < 4.78 is 0. The van der Waals surface area contributed by atoms with Crippen molar-refractivity contribution < 1.29 is 4.79 Å². The van der Waals surface area contributed by atoms with Gasteiger partial charge >= 0.3 is 0 Å². The number of nitrogens with two attached hydrogens (primary N) is 1. The molecule has 3 N–H and O–H groups in total. The maximum Gasteiger partial charge on any atom is 0.237 e. The highest BCUT2D eigenvalue weighted by molar-refractivity contribution is 5.85. The SMILES string of the molecule is CC(C)[C@H](N)C(=O)NCC1(N2CCCCC2)CCN(C)CC1.Cl. The molecule has 6 heteroatoms. The molecule has 2 fully saturated rings. The maximum absolute atomic E-state index is 12.3. The van der Waals surface area contributed by atoms with Crippen molar-refractivity contribution in [3.05, 3.63) is 0 Å². The van der Waals surface area contributed by atoms with E-state index in [0.29, 0.717) is 0 Å². The summed E-state index contributed by atoms with van der Waals surface area (Å²) in [6.07, 6.45) is 6.20. The molecule has 0 aliphatic carbocycles. The molecule has 5 nitrogen and oxygen atoms in total. The van der Waals surface area contributed by atoms with E-state index in [1.165, 1.54) is 32.4 Å². The highest BCUT2D eigenvalue weighted by Gasteiger charge is 2.40. The smallest absolute Gasteiger partial charge is 0.237 e. The number of halogens is 1. The Kier molecular flexibility index (Phi) is 8.28. The number of hydrogen-bond donors (Lipinski definition) is 2. The van der Waals surface area contributed by atoms with Crippen LogP contribution in [0.25, 0.3) is 0 Å². The zero-order chi connectivity index (χ0) is 16.2. The lowest BCUT2D eigenvalue weighted by atomic mass is 9.84. The molecule has 0 radical (unpaired) electrons. The number of likely N-dealkylation sites (tertiary alicyclic amines) is 2. The zero-order valence-corrected chi connectivity index (χ0v) is 15.8. The Hall–Kier alpha value is -0.360. The highest BCUT2D eigenvalue weighted by atomic mass is 35.5. The summed E-state index contributed by atoms with van der Waals surface area (Å²) in [7, 11) is 2.19. The van der Waals surface area contributed by atoms with Crippen LogP contribution in [0, 0.1) is 5.92 Å². The number of carbonyl (C=O) groups excluding carboxylic acids is 1. The summed E-state index contributed by atoms with van der Waals surface area (Å²) in [5.74, 6) is 0.189. The first-order chi connectivity index (χ1) is 10.4. The van der Waals surface area contributed by atoms with Gasteiger partial charge in [0.2, 0.25) is 5.91 Å². The highest BCUT2D eigenvalue weighted by Crippen LogP contribution is 2.30. The number of piperidine rings is 2. The molecule has 0 aromatic carbocycles. The fraction of sp³-hybridized carbons (Fsp3) is 0.941. The minimum Gasteiger partial charge on any atom is -0.353 e. The van der Waals surface area contributed by atoms with Crippen LogP contribution in [0.5, 0.6) is 0 Å². The first kappa shape index (κ1) is 20.7. The Labute approximate surface area is 147 Å². The molecule has 0 bridgehead atoms. The summed E-state index contributed by atoms with van der Waals surface area (Å²) in [6.45, 7) is 9.33. The van der Waals surface area contributed by atoms with E-state index >= 15 is 0 Å². The van der Waals surface area contributed by atoms with E-state index in [1.807, 2.05) is 13.8 Å². The molecule has 0 spiro atoms. The van der Waals surface area contributed by atoms with E-state index < -0.39 is 6.04 Å². The van der Waals surface area contributed by atoms with E-state index in [2.05, 4.69) is 22.2 Å². The molecule has 2 rings (SSSR count). The second-order valence-electron chi connectivity index (χ2n) is 7.56. The lowest BCUT2D eigenvalue weighted by Crippen LogP contribution is -2.62. The molecule has 1 amide bonds. The Morgan fingerprint density at radius 3 is 2.22 bits per heavy atom. The van der Waals surface area contributed by atoms with Crippen molar-refractivity contribution in [2.45, 2.75) is 57.5 Å². The van der Waals surface area contributed by atoms with Crippen LogP contribution in [0.4, 0.5) is 0 Å². The molecule has 1 atom stereocenters. The lowest BCUT2D eigenvalue weighted by molar-refractivity contribution is -0.124. The molecule has 0 saturated carbocycles. The van der Waals surface area contributed by atoms with Crippen molar-refractivity contribution in [3.63, 3.8) is 0 Å². The first-order valence-corrected chi connectivity index (χ1v) is 8.91. The largest absolute Gasteiger partial charge is 0.353 e. The first-order valence-electron chi connectivity index (χ1n) is 8.91. The summed E-state index contributed by atoms with van der Waals surface area (Å²) in [5, 5.41) is 3.16. The summed E-state index contributed by atoms with van der Waals surface area (Å²) >= 11 is 0. The summed E-state index contributed by atoms with van der Waals surface area (Å²) in [4.78, 5) is 17.3. The Morgan fingerprint density at radius 2 is 1.70 bits per heavy atom. The van der Waals surface area contributed by atoms with Crippen LogP contribution in [-0.4, -0.2) is 67.1 Å². The van der Waals surface area contributed by atoms with Gasteiger partial charge in [0.05, 0.1) is 6.04 Å². The van der Waals surface area contributed by atoms with Crippen molar-refractivity contribution in [2.24, 2.45) is 11.7 Å². The molecule has 2 heterocycles. The van der Waals surface area contributed by atoms with Crippen LogP contribution in [-0.2, 0) is 4.79 Å². The fourth-order valence-electron chi connectivity index (χ4n) is 3.68. The standard InChI is InChI=1S/C17H34N4O.ClH/c1-14(2)15(18)16(22)19-13-17(7-11-20(3)12-8-17)21-9-5-4-6-10-21;/h14-15H,4-13,18H2,1-3H3,(H,19,22);1H/t15-;/m0./s1. The molecule has 0 aromatic heterocycles. The topological polar surface area (TPSA) is 61.6 Å². The molecular weight excluding hydrogens is 312 g/mol. The minimum atomic E-state index is -0.398. The molecule has 0 aromatic rings. The Balaban J connectivity index is 0.00000264. The van der Waals surface area contributed by atoms with E-state index in [0.717, 1.165) is 32.5 Å². The Morgan fingerprint density at radius 1 is 1.13 bits per heavy atom. The predicted molar refractivity (Wildman–Crippen MR) is 98.0 cm³/mol. The third kappa shape index (κ3) is 5.31.